The van der Waals surface area contributed by atoms with Crippen LogP contribution in [0.4, 0.5) is 0 Å². The summed E-state index contributed by atoms with van der Waals surface area (Å²) in [5.74, 6) is -1.39. The molecule has 0 spiro atoms. The molecular formula is C19H20O5. The van der Waals surface area contributed by atoms with E-state index in [0.29, 0.717) is 5.56 Å². The molecule has 0 radical (unpaired) electrons. The predicted octanol–water partition coefficient (Wildman–Crippen LogP) is 3.93. The Labute approximate surface area is 141 Å². The van der Waals surface area contributed by atoms with E-state index < -0.39 is 17.5 Å². The lowest BCUT2D eigenvalue weighted by Crippen LogP contribution is -2.19. The van der Waals surface area contributed by atoms with Gasteiger partial charge in [-0.25, -0.2) is 19.4 Å². The van der Waals surface area contributed by atoms with Crippen LogP contribution in [0.1, 0.15) is 47.1 Å². The minimum absolute atomic E-state index is 0.186. The molecular weight excluding hydrogens is 308 g/mol. The molecule has 126 valence electrons. The zero-order chi connectivity index (χ0) is 17.6. The molecule has 0 saturated heterocycles. The first-order valence-corrected chi connectivity index (χ1v) is 7.56. The first-order valence-electron chi connectivity index (χ1n) is 7.56. The van der Waals surface area contributed by atoms with Crippen molar-refractivity contribution in [3.8, 4) is 0 Å². The fourth-order valence-corrected chi connectivity index (χ4v) is 1.84. The highest BCUT2D eigenvalue weighted by atomic mass is 17.2. The molecule has 0 heterocycles. The van der Waals surface area contributed by atoms with Crippen LogP contribution in [0.15, 0.2) is 54.6 Å². The Morgan fingerprint density at radius 3 is 2.17 bits per heavy atom. The Hall–Kier alpha value is -2.50. The molecule has 0 bridgehead atoms. The molecule has 2 rings (SSSR count). The molecule has 24 heavy (non-hydrogen) atoms. The highest BCUT2D eigenvalue weighted by Crippen LogP contribution is 2.13. The highest BCUT2D eigenvalue weighted by Gasteiger charge is 2.15. The largest absolute Gasteiger partial charge is 0.386 e. The van der Waals surface area contributed by atoms with Gasteiger partial charge in [0.25, 0.3) is 0 Å². The van der Waals surface area contributed by atoms with Crippen molar-refractivity contribution in [3.05, 3.63) is 71.3 Å². The lowest BCUT2D eigenvalue weighted by molar-refractivity contribution is -0.356. The molecule has 5 nitrogen and oxygen atoms in total. The molecule has 0 N–H and O–H groups in total. The maximum absolute atomic E-state index is 12.1. The molecule has 0 amide bonds. The fourth-order valence-electron chi connectivity index (χ4n) is 1.84. The fraction of sp³-hybridized carbons (Fsp3) is 0.263. The average molecular weight is 328 g/mol. The third-order valence-electron chi connectivity index (χ3n) is 2.89. The van der Waals surface area contributed by atoms with Gasteiger partial charge in [-0.1, -0.05) is 30.3 Å². The summed E-state index contributed by atoms with van der Waals surface area (Å²) in [4.78, 5) is 34.3. The summed E-state index contributed by atoms with van der Waals surface area (Å²) in [5.41, 5.74) is 0.916. The van der Waals surface area contributed by atoms with Gasteiger partial charge in [-0.05, 0) is 50.6 Å². The zero-order valence-corrected chi connectivity index (χ0v) is 13.9. The molecule has 5 heteroatoms. The van der Waals surface area contributed by atoms with Crippen molar-refractivity contribution >= 4 is 11.9 Å². The van der Waals surface area contributed by atoms with E-state index in [1.165, 1.54) is 0 Å². The number of hydrogen-bond acceptors (Lipinski definition) is 5. The van der Waals surface area contributed by atoms with Gasteiger partial charge in [-0.2, -0.15) is 0 Å². The van der Waals surface area contributed by atoms with Crippen LogP contribution in [0.2, 0.25) is 0 Å². The van der Waals surface area contributed by atoms with E-state index in [4.69, 9.17) is 14.5 Å². The number of hydrogen-bond donors (Lipinski definition) is 0. The van der Waals surface area contributed by atoms with E-state index in [0.717, 1.165) is 5.56 Å². The standard InChI is InChI=1S/C19H20O5/c1-19(2,3)24-22-13-14-8-7-11-16(12-14)18(21)23-17(20)15-9-5-4-6-10-15/h4-12H,13H2,1-3H3. The molecule has 0 aliphatic rings. The monoisotopic (exact) mass is 328 g/mol. The van der Waals surface area contributed by atoms with Gasteiger partial charge in [-0.15, -0.1) is 0 Å². The van der Waals surface area contributed by atoms with Crippen LogP contribution in [-0.2, 0) is 21.1 Å². The number of esters is 2. The Balaban J connectivity index is 1.97. The SMILES string of the molecule is CC(C)(C)OOCc1cccc(C(=O)OC(=O)c2ccccc2)c1. The molecule has 0 fully saturated rings. The molecule has 0 aliphatic carbocycles. The summed E-state index contributed by atoms with van der Waals surface area (Å²) in [6, 6.07) is 15.0. The van der Waals surface area contributed by atoms with Gasteiger partial charge in [0.2, 0.25) is 0 Å². The van der Waals surface area contributed by atoms with Gasteiger partial charge in [0.15, 0.2) is 0 Å². The molecule has 0 unspecified atom stereocenters. The van der Waals surface area contributed by atoms with Crippen molar-refractivity contribution in [2.24, 2.45) is 0 Å². The third kappa shape index (κ3) is 5.61. The topological polar surface area (TPSA) is 61.8 Å². The van der Waals surface area contributed by atoms with Crippen molar-refractivity contribution in [1.82, 2.24) is 0 Å². The minimum atomic E-state index is -0.706. The average Bonchev–Trinajstić information content (AvgIpc) is 2.54. The molecule has 0 aromatic heterocycles. The Bertz CT molecular complexity index is 701. The van der Waals surface area contributed by atoms with Gasteiger partial charge < -0.3 is 4.74 Å². The van der Waals surface area contributed by atoms with Gasteiger partial charge in [0, 0.05) is 0 Å². The van der Waals surface area contributed by atoms with Crippen molar-refractivity contribution in [3.63, 3.8) is 0 Å². The van der Waals surface area contributed by atoms with Crippen molar-refractivity contribution in [1.29, 1.82) is 0 Å². The number of ether oxygens (including phenoxy) is 1. The second kappa shape index (κ2) is 7.86. The van der Waals surface area contributed by atoms with E-state index in [1.807, 2.05) is 20.8 Å². The maximum atomic E-state index is 12.1. The second-order valence-corrected chi connectivity index (χ2v) is 6.20. The van der Waals surface area contributed by atoms with Crippen LogP contribution < -0.4 is 0 Å². The molecule has 2 aromatic rings. The van der Waals surface area contributed by atoms with E-state index in [2.05, 4.69) is 0 Å². The number of rotatable bonds is 5. The van der Waals surface area contributed by atoms with Gasteiger partial charge in [0.05, 0.1) is 16.7 Å². The quantitative estimate of drug-likeness (QED) is 0.360. The van der Waals surface area contributed by atoms with Gasteiger partial charge >= 0.3 is 11.9 Å². The Morgan fingerprint density at radius 2 is 1.50 bits per heavy atom. The smallest absolute Gasteiger partial charge is 0.346 e. The lowest BCUT2D eigenvalue weighted by atomic mass is 10.1. The minimum Gasteiger partial charge on any atom is -0.386 e. The summed E-state index contributed by atoms with van der Waals surface area (Å²) in [6.45, 7) is 5.80. The normalized spacial score (nSPS) is 11.1. The first-order chi connectivity index (χ1) is 11.3. The van der Waals surface area contributed by atoms with Crippen LogP contribution in [0.5, 0.6) is 0 Å². The Morgan fingerprint density at radius 1 is 0.875 bits per heavy atom. The van der Waals surface area contributed by atoms with Crippen LogP contribution in [-0.4, -0.2) is 17.5 Å². The van der Waals surface area contributed by atoms with Crippen LogP contribution in [0.3, 0.4) is 0 Å². The summed E-state index contributed by atoms with van der Waals surface area (Å²) in [7, 11) is 0. The van der Waals surface area contributed by atoms with E-state index >= 15 is 0 Å². The summed E-state index contributed by atoms with van der Waals surface area (Å²) in [6.07, 6.45) is 0. The Kier molecular flexibility index (Phi) is 5.84. The van der Waals surface area contributed by atoms with Crippen LogP contribution in [0.25, 0.3) is 0 Å². The maximum Gasteiger partial charge on any atom is 0.346 e. The van der Waals surface area contributed by atoms with Crippen molar-refractivity contribution in [2.75, 3.05) is 0 Å². The van der Waals surface area contributed by atoms with Crippen molar-refractivity contribution in [2.45, 2.75) is 33.0 Å². The summed E-state index contributed by atoms with van der Waals surface area (Å²) in [5, 5.41) is 0. The van der Waals surface area contributed by atoms with E-state index in [9.17, 15) is 9.59 Å². The zero-order valence-electron chi connectivity index (χ0n) is 13.9. The summed E-state index contributed by atoms with van der Waals surface area (Å²) >= 11 is 0. The van der Waals surface area contributed by atoms with Gasteiger partial charge in [0.1, 0.15) is 6.61 Å². The predicted molar refractivity (Wildman–Crippen MR) is 88.3 cm³/mol. The van der Waals surface area contributed by atoms with E-state index in [1.54, 1.807) is 54.6 Å². The first kappa shape index (κ1) is 17.8. The van der Waals surface area contributed by atoms with E-state index in [-0.39, 0.29) is 12.2 Å². The summed E-state index contributed by atoms with van der Waals surface area (Å²) < 4.78 is 4.89. The molecule has 0 saturated carbocycles. The lowest BCUT2D eigenvalue weighted by Gasteiger charge is -2.17. The second-order valence-electron chi connectivity index (χ2n) is 6.20. The molecule has 0 atom stereocenters. The van der Waals surface area contributed by atoms with Crippen LogP contribution in [0, 0.1) is 0 Å². The number of carbonyl (C=O) groups excluding carboxylic acids is 2. The number of carbonyl (C=O) groups is 2. The van der Waals surface area contributed by atoms with Gasteiger partial charge in [-0.3, -0.25) is 0 Å². The molecule has 2 aromatic carbocycles. The number of benzene rings is 2. The van der Waals surface area contributed by atoms with Crippen LogP contribution >= 0.6 is 0 Å². The highest BCUT2D eigenvalue weighted by molar-refractivity contribution is 6.02. The third-order valence-corrected chi connectivity index (χ3v) is 2.89. The van der Waals surface area contributed by atoms with Crippen molar-refractivity contribution < 1.29 is 24.1 Å². The molecule has 0 aliphatic heterocycles.